The first-order chi connectivity index (χ1) is 18.4. The summed E-state index contributed by atoms with van der Waals surface area (Å²) in [6.45, 7) is 0. The van der Waals surface area contributed by atoms with E-state index >= 15 is 0 Å². The molecule has 3 atom stereocenters. The largest absolute Gasteiger partial charge is 0.573 e. The topological polar surface area (TPSA) is 80.4 Å². The van der Waals surface area contributed by atoms with Gasteiger partial charge >= 0.3 is 22.5 Å². The number of sulfonamides is 1. The molecule has 1 saturated carbocycles. The van der Waals surface area contributed by atoms with Crippen LogP contribution in [0.1, 0.15) is 19.3 Å². The zero-order valence-electron chi connectivity index (χ0n) is 19.9. The van der Waals surface area contributed by atoms with Crippen molar-refractivity contribution in [1.29, 1.82) is 0 Å². The van der Waals surface area contributed by atoms with Crippen LogP contribution in [0.4, 0.5) is 33.3 Å². The zero-order valence-corrected chi connectivity index (χ0v) is 20.7. The van der Waals surface area contributed by atoms with Crippen molar-refractivity contribution in [3.63, 3.8) is 0 Å². The number of benzene rings is 3. The molecule has 3 aromatic rings. The van der Waals surface area contributed by atoms with Crippen molar-refractivity contribution in [2.75, 3.05) is 4.90 Å². The fraction of sp³-hybridized carbons (Fsp3) is 0.269. The maximum atomic E-state index is 13.9. The molecule has 1 fully saturated rings. The van der Waals surface area contributed by atoms with E-state index in [0.717, 1.165) is 36.4 Å². The first-order valence-electron chi connectivity index (χ1n) is 11.7. The molecule has 1 heterocycles. The van der Waals surface area contributed by atoms with Gasteiger partial charge in [0, 0.05) is 12.1 Å². The van der Waals surface area contributed by atoms with E-state index in [0.29, 0.717) is 30.6 Å². The highest BCUT2D eigenvalue weighted by Crippen LogP contribution is 2.50. The first-order valence-corrected chi connectivity index (χ1v) is 13.2. The molecule has 5 rings (SSSR count). The van der Waals surface area contributed by atoms with Crippen molar-refractivity contribution in [1.82, 2.24) is 0 Å². The van der Waals surface area contributed by atoms with Crippen LogP contribution in [0.25, 0.3) is 4.25 Å². The lowest BCUT2D eigenvalue weighted by atomic mass is 9.82. The summed E-state index contributed by atoms with van der Waals surface area (Å²) in [5, 5.41) is 11.3. The van der Waals surface area contributed by atoms with Gasteiger partial charge in [-0.15, -0.1) is 21.6 Å². The van der Waals surface area contributed by atoms with E-state index in [2.05, 4.69) is 15.1 Å². The van der Waals surface area contributed by atoms with Crippen LogP contribution in [-0.4, -0.2) is 32.0 Å². The zero-order chi connectivity index (χ0) is 27.9. The molecule has 0 spiro atoms. The normalized spacial score (nSPS) is 20.7. The number of aliphatic hydroxyl groups excluding tert-OH is 1. The lowest BCUT2D eigenvalue weighted by Crippen LogP contribution is -2.47. The smallest absolute Gasteiger partial charge is 0.453 e. The second-order valence-electron chi connectivity index (χ2n) is 9.01. The van der Waals surface area contributed by atoms with E-state index in [4.69, 9.17) is 4.74 Å². The number of fused-ring (bicyclic) bond motifs is 2. The highest BCUT2D eigenvalue weighted by molar-refractivity contribution is 7.93. The summed E-state index contributed by atoms with van der Waals surface area (Å²) in [4.78, 5) is 1.32. The van der Waals surface area contributed by atoms with E-state index < -0.39 is 51.8 Å². The van der Waals surface area contributed by atoms with E-state index in [1.807, 2.05) is 0 Å². The van der Waals surface area contributed by atoms with Crippen LogP contribution in [-0.2, 0) is 10.0 Å². The van der Waals surface area contributed by atoms with E-state index in [-0.39, 0.29) is 16.4 Å². The third kappa shape index (κ3) is 5.62. The van der Waals surface area contributed by atoms with Crippen molar-refractivity contribution >= 4 is 21.4 Å². The van der Waals surface area contributed by atoms with Gasteiger partial charge in [-0.25, -0.2) is 8.78 Å². The summed E-state index contributed by atoms with van der Waals surface area (Å²) in [6.07, 6.45) is -4.76. The van der Waals surface area contributed by atoms with Crippen molar-refractivity contribution in [3.8, 4) is 23.3 Å². The standard InChI is InChI=1S/C26H20F5N2O5S/c27-16-4-10-20-23(12-16)37-24-13-17(28)5-11-21(24)33(20)22-3-1-2-15(25(22)34)14-32-39(35,36)19-8-6-18(7-9-19)38-26(29,30)31/h4-13,15,22,25,34H,1-3H2/q+1/t15?,22-,25?/m0/s1. The number of hydrogen-bond donors (Lipinski definition) is 1. The van der Waals surface area contributed by atoms with Crippen LogP contribution < -0.4 is 14.4 Å². The van der Waals surface area contributed by atoms with Gasteiger partial charge in [-0.1, -0.05) is 0 Å². The fourth-order valence-electron chi connectivity index (χ4n) is 4.73. The minimum atomic E-state index is -4.93. The van der Waals surface area contributed by atoms with Crippen molar-refractivity contribution in [3.05, 3.63) is 76.5 Å². The molecule has 0 saturated heterocycles. The predicted octanol–water partition coefficient (Wildman–Crippen LogP) is 6.36. The molecule has 0 bridgehead atoms. The molecule has 0 aromatic heterocycles. The molecular weight excluding hydrogens is 547 g/mol. The van der Waals surface area contributed by atoms with Crippen LogP contribution in [0.2, 0.25) is 0 Å². The number of aliphatic hydroxyl groups is 1. The third-order valence-corrected chi connectivity index (χ3v) is 7.64. The van der Waals surface area contributed by atoms with Crippen LogP contribution in [0, 0.1) is 23.6 Å². The molecule has 7 nitrogen and oxygen atoms in total. The second-order valence-corrected chi connectivity index (χ2v) is 10.6. The molecule has 13 heteroatoms. The van der Waals surface area contributed by atoms with Gasteiger partial charge in [-0.3, -0.25) is 0 Å². The van der Waals surface area contributed by atoms with E-state index in [1.54, 1.807) is 4.90 Å². The van der Waals surface area contributed by atoms with Gasteiger partial charge in [0.1, 0.15) is 23.3 Å². The molecule has 204 valence electrons. The van der Waals surface area contributed by atoms with Gasteiger partial charge in [-0.2, -0.15) is 0 Å². The van der Waals surface area contributed by atoms with Gasteiger partial charge in [0.05, 0.1) is 27.8 Å². The summed E-state index contributed by atoms with van der Waals surface area (Å²) in [7, 11) is -4.34. The Kier molecular flexibility index (Phi) is 6.86. The highest BCUT2D eigenvalue weighted by Gasteiger charge is 2.42. The number of nitrogens with zero attached hydrogens (tertiary/aromatic N) is 2. The van der Waals surface area contributed by atoms with Crippen LogP contribution in [0.5, 0.6) is 17.2 Å². The molecule has 1 N–H and O–H groups in total. The quantitative estimate of drug-likeness (QED) is 0.371. The highest BCUT2D eigenvalue weighted by atomic mass is 32.2. The number of rotatable bonds is 3. The monoisotopic (exact) mass is 567 g/mol. The minimum absolute atomic E-state index is 0.126. The second kappa shape index (κ2) is 10.0. The summed E-state index contributed by atoms with van der Waals surface area (Å²) in [5.74, 6) is -2.31. The predicted molar refractivity (Wildman–Crippen MR) is 130 cm³/mol. The maximum Gasteiger partial charge on any atom is 0.573 e. The number of hydrogen-bond acceptors (Lipinski definition) is 6. The maximum absolute atomic E-state index is 13.9. The average Bonchev–Trinajstić information content (AvgIpc) is 2.86. The van der Waals surface area contributed by atoms with Crippen LogP contribution >= 0.6 is 0 Å². The Morgan fingerprint density at radius 3 is 2.10 bits per heavy atom. The molecule has 0 radical (unpaired) electrons. The number of halogens is 5. The number of anilines is 2. The Morgan fingerprint density at radius 2 is 1.54 bits per heavy atom. The number of ether oxygens (including phenoxy) is 2. The van der Waals surface area contributed by atoms with Crippen molar-refractivity contribution in [2.45, 2.75) is 42.7 Å². The van der Waals surface area contributed by atoms with Crippen LogP contribution in [0.15, 0.2) is 65.6 Å². The molecular formula is C26H20F5N2O5S+. The Labute approximate surface area is 219 Å². The molecule has 39 heavy (non-hydrogen) atoms. The summed E-state index contributed by atoms with van der Waals surface area (Å²) >= 11 is 0. The molecule has 3 aromatic carbocycles. The Bertz CT molecular complexity index is 1520. The Hall–Kier alpha value is -3.89. The van der Waals surface area contributed by atoms with E-state index in [1.165, 1.54) is 24.3 Å². The Morgan fingerprint density at radius 1 is 0.949 bits per heavy atom. The average molecular weight is 568 g/mol. The molecule has 0 amide bonds. The summed E-state index contributed by atoms with van der Waals surface area (Å²) in [5.41, 5.74) is 0.872. The van der Waals surface area contributed by atoms with Gasteiger partial charge in [-0.05, 0) is 67.8 Å². The summed E-state index contributed by atoms with van der Waals surface area (Å²) in [6, 6.07) is 13.1. The molecule has 2 aliphatic rings. The molecule has 1 aliphatic carbocycles. The van der Waals surface area contributed by atoms with Crippen molar-refractivity contribution in [2.24, 2.45) is 5.92 Å². The van der Waals surface area contributed by atoms with E-state index in [9.17, 15) is 35.5 Å². The van der Waals surface area contributed by atoms with Gasteiger partial charge < -0.3 is 19.5 Å². The van der Waals surface area contributed by atoms with Crippen LogP contribution in [0.3, 0.4) is 0 Å². The molecule has 2 unspecified atom stereocenters. The first kappa shape index (κ1) is 26.7. The third-order valence-electron chi connectivity index (χ3n) is 6.43. The number of alkyl halides is 3. The van der Waals surface area contributed by atoms with Gasteiger partial charge in [0.25, 0.3) is 0 Å². The van der Waals surface area contributed by atoms with Crippen molar-refractivity contribution < 1.29 is 45.0 Å². The fourth-order valence-corrected chi connectivity index (χ4v) is 5.58. The molecule has 1 aliphatic heterocycles. The Balaban J connectivity index is 1.42. The SMILES string of the molecule is O=S(=O)([N+]#CC1CCC[C@H](N2c3ccc(F)cc3Oc3cc(F)ccc32)C1O)c1ccc(OC(F)(F)F)cc1. The minimum Gasteiger partial charge on any atom is -0.453 e. The van der Waals surface area contributed by atoms with Gasteiger partial charge in [0.2, 0.25) is 0 Å². The lowest BCUT2D eigenvalue weighted by molar-refractivity contribution is -0.274. The summed E-state index contributed by atoms with van der Waals surface area (Å²) < 4.78 is 103. The van der Waals surface area contributed by atoms with Gasteiger partial charge in [0.15, 0.2) is 16.4 Å². The lowest BCUT2D eigenvalue weighted by Gasteiger charge is -2.43.